The zero-order chi connectivity index (χ0) is 12.4. The highest BCUT2D eigenvalue weighted by Crippen LogP contribution is 1.91. The number of amides is 1. The van der Waals surface area contributed by atoms with Gasteiger partial charge in [0.05, 0.1) is 12.7 Å². The van der Waals surface area contributed by atoms with Crippen LogP contribution in [0.4, 0.5) is 0 Å². The van der Waals surface area contributed by atoms with Gasteiger partial charge >= 0.3 is 0 Å². The van der Waals surface area contributed by atoms with Crippen molar-refractivity contribution in [1.82, 2.24) is 16.2 Å². The normalized spacial score (nSPS) is 13.9. The number of nitrogens with one attached hydrogen (secondary N) is 3. The first-order chi connectivity index (χ1) is 7.65. The summed E-state index contributed by atoms with van der Waals surface area (Å²) in [7, 11) is 3.12. The smallest absolute Gasteiger partial charge is 0.262 e. The molecule has 0 radical (unpaired) electrons. The van der Waals surface area contributed by atoms with Gasteiger partial charge in [0.1, 0.15) is 0 Å². The maximum atomic E-state index is 11.2. The summed E-state index contributed by atoms with van der Waals surface area (Å²) in [5, 5.41) is 11.6. The third-order valence-corrected chi connectivity index (χ3v) is 1.79. The molecule has 1 unspecified atom stereocenters. The highest BCUT2D eigenvalue weighted by molar-refractivity contribution is 5.92. The van der Waals surface area contributed by atoms with Crippen molar-refractivity contribution in [2.75, 3.05) is 20.8 Å². The number of aliphatic hydroxyl groups excluding tert-OH is 1. The van der Waals surface area contributed by atoms with Gasteiger partial charge in [0.15, 0.2) is 0 Å². The van der Waals surface area contributed by atoms with Crippen molar-refractivity contribution in [2.24, 2.45) is 0 Å². The first-order valence-electron chi connectivity index (χ1n) is 4.86. The van der Waals surface area contributed by atoms with Gasteiger partial charge in [0, 0.05) is 25.9 Å². The fourth-order valence-corrected chi connectivity index (χ4v) is 0.828. The molecule has 0 aliphatic heterocycles. The standard InChI is InChI=1S/C10H19N3O3/c1-8(10(15)13-11-2)6-12-5-4-9(7-14)16-3/h4-6,9,11-12,14H,7H2,1-3H3,(H,13,15)/b5-4-,8-6-. The van der Waals surface area contributed by atoms with Crippen LogP contribution in [0.1, 0.15) is 6.92 Å². The molecule has 0 saturated carbocycles. The molecule has 0 aromatic carbocycles. The van der Waals surface area contributed by atoms with Crippen molar-refractivity contribution in [3.05, 3.63) is 24.0 Å². The third-order valence-electron chi connectivity index (χ3n) is 1.79. The molecule has 0 heterocycles. The number of methoxy groups -OCH3 is 1. The predicted molar refractivity (Wildman–Crippen MR) is 61.1 cm³/mol. The lowest BCUT2D eigenvalue weighted by atomic mass is 10.3. The average Bonchev–Trinajstić information content (AvgIpc) is 2.29. The zero-order valence-corrected chi connectivity index (χ0v) is 9.78. The van der Waals surface area contributed by atoms with E-state index in [1.165, 1.54) is 7.11 Å². The van der Waals surface area contributed by atoms with E-state index in [0.29, 0.717) is 5.57 Å². The molecule has 0 aromatic rings. The maximum Gasteiger partial charge on any atom is 0.262 e. The first-order valence-corrected chi connectivity index (χ1v) is 4.86. The summed E-state index contributed by atoms with van der Waals surface area (Å²) in [5.74, 6) is -0.214. The highest BCUT2D eigenvalue weighted by atomic mass is 16.5. The van der Waals surface area contributed by atoms with E-state index in [9.17, 15) is 4.79 Å². The van der Waals surface area contributed by atoms with E-state index in [-0.39, 0.29) is 18.6 Å². The fourth-order valence-electron chi connectivity index (χ4n) is 0.828. The van der Waals surface area contributed by atoms with Crippen LogP contribution in [0, 0.1) is 0 Å². The summed E-state index contributed by atoms with van der Waals surface area (Å²) in [5.41, 5.74) is 5.49. The van der Waals surface area contributed by atoms with Gasteiger partial charge in [0.2, 0.25) is 0 Å². The van der Waals surface area contributed by atoms with Crippen molar-refractivity contribution in [1.29, 1.82) is 0 Å². The summed E-state index contributed by atoms with van der Waals surface area (Å²) in [6.45, 7) is 1.59. The van der Waals surface area contributed by atoms with Gasteiger partial charge in [-0.25, -0.2) is 5.43 Å². The van der Waals surface area contributed by atoms with E-state index in [2.05, 4.69) is 16.2 Å². The molecular weight excluding hydrogens is 210 g/mol. The summed E-state index contributed by atoms with van der Waals surface area (Å²) in [6, 6.07) is 0. The van der Waals surface area contributed by atoms with Crippen molar-refractivity contribution >= 4 is 5.91 Å². The first kappa shape index (κ1) is 14.6. The van der Waals surface area contributed by atoms with Gasteiger partial charge in [-0.1, -0.05) is 0 Å². The number of hydrogen-bond donors (Lipinski definition) is 4. The van der Waals surface area contributed by atoms with Crippen LogP contribution in [0.15, 0.2) is 24.0 Å². The fraction of sp³-hybridized carbons (Fsp3) is 0.500. The lowest BCUT2D eigenvalue weighted by Crippen LogP contribution is -2.34. The van der Waals surface area contributed by atoms with Gasteiger partial charge in [-0.05, 0) is 19.2 Å². The Bertz CT molecular complexity index is 260. The minimum absolute atomic E-state index is 0.0857. The highest BCUT2D eigenvalue weighted by Gasteiger charge is 2.00. The molecular formula is C10H19N3O3. The van der Waals surface area contributed by atoms with Crippen molar-refractivity contribution in [3.8, 4) is 0 Å². The SMILES string of the molecule is CNNC(=O)/C(C)=C\N/C=C\C(CO)OC. The summed E-state index contributed by atoms with van der Waals surface area (Å²) < 4.78 is 4.91. The molecule has 0 saturated heterocycles. The molecule has 92 valence electrons. The molecule has 1 atom stereocenters. The number of rotatable bonds is 7. The van der Waals surface area contributed by atoms with Gasteiger partial charge in [0.25, 0.3) is 5.91 Å². The Kier molecular flexibility index (Phi) is 8.14. The Labute approximate surface area is 95.3 Å². The molecule has 1 amide bonds. The van der Waals surface area contributed by atoms with Gasteiger partial charge in [-0.3, -0.25) is 10.2 Å². The molecule has 0 rings (SSSR count). The lowest BCUT2D eigenvalue weighted by Gasteiger charge is -2.05. The minimum Gasteiger partial charge on any atom is -0.393 e. The molecule has 6 nitrogen and oxygen atoms in total. The van der Waals surface area contributed by atoms with Crippen LogP contribution >= 0.6 is 0 Å². The summed E-state index contributed by atoms with van der Waals surface area (Å²) in [4.78, 5) is 11.2. The van der Waals surface area contributed by atoms with Gasteiger partial charge in [-0.15, -0.1) is 0 Å². The van der Waals surface area contributed by atoms with E-state index in [4.69, 9.17) is 9.84 Å². The van der Waals surface area contributed by atoms with E-state index in [1.807, 2.05) is 0 Å². The molecule has 0 bridgehead atoms. The number of carbonyl (C=O) groups is 1. The van der Waals surface area contributed by atoms with E-state index >= 15 is 0 Å². The van der Waals surface area contributed by atoms with Crippen LogP contribution in [-0.4, -0.2) is 37.9 Å². The molecule has 0 spiro atoms. The topological polar surface area (TPSA) is 82.6 Å². The van der Waals surface area contributed by atoms with Crippen molar-refractivity contribution < 1.29 is 14.6 Å². The maximum absolute atomic E-state index is 11.2. The minimum atomic E-state index is -0.340. The molecule has 16 heavy (non-hydrogen) atoms. The monoisotopic (exact) mass is 229 g/mol. The quantitative estimate of drug-likeness (QED) is 0.341. The molecule has 6 heteroatoms. The Morgan fingerprint density at radius 1 is 1.56 bits per heavy atom. The molecule has 0 fully saturated rings. The number of aliphatic hydroxyl groups is 1. The number of hydrogen-bond acceptors (Lipinski definition) is 5. The second-order valence-corrected chi connectivity index (χ2v) is 3.01. The van der Waals surface area contributed by atoms with Crippen LogP contribution in [-0.2, 0) is 9.53 Å². The van der Waals surface area contributed by atoms with Gasteiger partial charge < -0.3 is 15.2 Å². The van der Waals surface area contributed by atoms with Gasteiger partial charge in [-0.2, -0.15) is 0 Å². The van der Waals surface area contributed by atoms with Crippen molar-refractivity contribution in [2.45, 2.75) is 13.0 Å². The summed E-state index contributed by atoms with van der Waals surface area (Å²) >= 11 is 0. The largest absolute Gasteiger partial charge is 0.393 e. The molecule has 0 aliphatic rings. The number of ether oxygens (including phenoxy) is 1. The Balaban J connectivity index is 4.03. The lowest BCUT2D eigenvalue weighted by molar-refractivity contribution is -0.118. The van der Waals surface area contributed by atoms with E-state index in [1.54, 1.807) is 32.4 Å². The van der Waals surface area contributed by atoms with Crippen LogP contribution in [0.5, 0.6) is 0 Å². The second-order valence-electron chi connectivity index (χ2n) is 3.01. The van der Waals surface area contributed by atoms with E-state index in [0.717, 1.165) is 0 Å². The average molecular weight is 229 g/mol. The van der Waals surface area contributed by atoms with Crippen molar-refractivity contribution in [3.63, 3.8) is 0 Å². The zero-order valence-electron chi connectivity index (χ0n) is 9.78. The van der Waals surface area contributed by atoms with Crippen LogP contribution in [0.3, 0.4) is 0 Å². The second kappa shape index (κ2) is 8.90. The van der Waals surface area contributed by atoms with Crippen LogP contribution in [0.2, 0.25) is 0 Å². The van der Waals surface area contributed by atoms with Crippen LogP contribution < -0.4 is 16.2 Å². The number of carbonyl (C=O) groups excluding carboxylic acids is 1. The van der Waals surface area contributed by atoms with E-state index < -0.39 is 0 Å². The molecule has 4 N–H and O–H groups in total. The molecule has 0 aliphatic carbocycles. The Hall–Kier alpha value is -1.37. The third kappa shape index (κ3) is 6.18. The molecule has 0 aromatic heterocycles. The van der Waals surface area contributed by atoms with Crippen LogP contribution in [0.25, 0.3) is 0 Å². The predicted octanol–water partition coefficient (Wildman–Crippen LogP) is -0.749. The summed E-state index contributed by atoms with van der Waals surface area (Å²) in [6.07, 6.45) is 4.46. The number of hydrazine groups is 1. The Morgan fingerprint density at radius 2 is 2.25 bits per heavy atom. The Morgan fingerprint density at radius 3 is 2.75 bits per heavy atom.